The number of aromatic nitrogens is 2. The molecule has 3 nitrogen and oxygen atoms in total. The number of hydrogen-bond acceptors (Lipinski definition) is 2. The summed E-state index contributed by atoms with van der Waals surface area (Å²) in [5.41, 5.74) is 2.00. The van der Waals surface area contributed by atoms with Gasteiger partial charge >= 0.3 is 0 Å². The van der Waals surface area contributed by atoms with Crippen molar-refractivity contribution < 1.29 is 0 Å². The second-order valence-corrected chi connectivity index (χ2v) is 5.60. The minimum absolute atomic E-state index is 0.0122. The van der Waals surface area contributed by atoms with Gasteiger partial charge in [-0.15, -0.1) is 0 Å². The number of aromatic amines is 1. The molecule has 4 heteroatoms. The number of thiol groups is 1. The number of benzene rings is 2. The first-order valence-corrected chi connectivity index (χ1v) is 7.09. The average Bonchev–Trinajstić information content (AvgIpc) is 2.76. The first-order valence-electron chi connectivity index (χ1n) is 6.57. The molecule has 0 amide bonds. The van der Waals surface area contributed by atoms with Crippen LogP contribution in [0.1, 0.15) is 16.5 Å². The summed E-state index contributed by atoms with van der Waals surface area (Å²) in [4.78, 5) is 11.8. The third-order valence-electron chi connectivity index (χ3n) is 3.46. The molecule has 0 saturated carbocycles. The molecule has 0 aliphatic carbocycles. The molecule has 0 aliphatic rings. The quantitative estimate of drug-likeness (QED) is 0.711. The Kier molecular flexibility index (Phi) is 3.40. The number of aryl methyl sites for hydroxylation is 1. The molecule has 1 unspecified atom stereocenters. The van der Waals surface area contributed by atoms with E-state index in [1.165, 1.54) is 10.8 Å². The van der Waals surface area contributed by atoms with Crippen LogP contribution in [-0.4, -0.2) is 9.78 Å². The predicted molar refractivity (Wildman–Crippen MR) is 85.5 cm³/mol. The maximum Gasteiger partial charge on any atom is 0.266 e. The fourth-order valence-corrected chi connectivity index (χ4v) is 2.90. The van der Waals surface area contributed by atoms with Crippen molar-refractivity contribution in [3.8, 4) is 0 Å². The largest absolute Gasteiger partial charge is 0.300 e. The zero-order chi connectivity index (χ0) is 14.1. The Labute approximate surface area is 122 Å². The zero-order valence-electron chi connectivity index (χ0n) is 11.2. The topological polar surface area (TPSA) is 37.8 Å². The standard InChI is InChI=1S/C16H16N2OS/c1-11-9-16(19)18(17-11)10-15(20)14-8-4-6-12-5-2-3-7-13(12)14/h2-9,15,17,20H,10H2,1H3. The molecule has 1 aromatic heterocycles. The van der Waals surface area contributed by atoms with E-state index in [2.05, 4.69) is 42.0 Å². The van der Waals surface area contributed by atoms with E-state index in [9.17, 15) is 4.79 Å². The highest BCUT2D eigenvalue weighted by Gasteiger charge is 2.12. The van der Waals surface area contributed by atoms with Crippen LogP contribution in [-0.2, 0) is 6.54 Å². The van der Waals surface area contributed by atoms with Crippen molar-refractivity contribution in [1.82, 2.24) is 9.78 Å². The first-order chi connectivity index (χ1) is 9.65. The van der Waals surface area contributed by atoms with Gasteiger partial charge in [-0.1, -0.05) is 42.5 Å². The van der Waals surface area contributed by atoms with E-state index in [1.807, 2.05) is 25.1 Å². The Morgan fingerprint density at radius 2 is 1.95 bits per heavy atom. The summed E-state index contributed by atoms with van der Waals surface area (Å²) in [5.74, 6) is 0. The molecular formula is C16H16N2OS. The Hall–Kier alpha value is -1.94. The lowest BCUT2D eigenvalue weighted by atomic mass is 10.0. The lowest BCUT2D eigenvalue weighted by molar-refractivity contribution is 0.588. The van der Waals surface area contributed by atoms with Crippen LogP contribution < -0.4 is 5.56 Å². The molecule has 0 bridgehead atoms. The molecule has 2 aromatic carbocycles. The molecule has 1 heterocycles. The molecule has 0 fully saturated rings. The summed E-state index contributed by atoms with van der Waals surface area (Å²) in [5, 5.41) is 5.40. The number of rotatable bonds is 3. The van der Waals surface area contributed by atoms with Crippen LogP contribution in [0.2, 0.25) is 0 Å². The fourth-order valence-electron chi connectivity index (χ4n) is 2.51. The minimum Gasteiger partial charge on any atom is -0.300 e. The van der Waals surface area contributed by atoms with Crippen molar-refractivity contribution >= 4 is 23.4 Å². The van der Waals surface area contributed by atoms with Gasteiger partial charge in [0.25, 0.3) is 5.56 Å². The first kappa shape index (κ1) is 13.1. The number of nitrogens with zero attached hydrogens (tertiary/aromatic N) is 1. The summed E-state index contributed by atoms with van der Waals surface area (Å²) in [6, 6.07) is 16.0. The molecule has 0 saturated heterocycles. The van der Waals surface area contributed by atoms with Crippen molar-refractivity contribution in [3.05, 3.63) is 70.1 Å². The van der Waals surface area contributed by atoms with E-state index < -0.39 is 0 Å². The van der Waals surface area contributed by atoms with E-state index in [-0.39, 0.29) is 10.8 Å². The van der Waals surface area contributed by atoms with Crippen LogP contribution in [0.25, 0.3) is 10.8 Å². The molecule has 0 aliphatic heterocycles. The second-order valence-electron chi connectivity index (χ2n) is 4.97. The van der Waals surface area contributed by atoms with E-state index >= 15 is 0 Å². The van der Waals surface area contributed by atoms with Crippen LogP contribution in [0.4, 0.5) is 0 Å². The molecule has 3 aromatic rings. The zero-order valence-corrected chi connectivity index (χ0v) is 12.1. The molecule has 0 spiro atoms. The molecule has 102 valence electrons. The van der Waals surface area contributed by atoms with E-state index in [0.29, 0.717) is 6.54 Å². The Morgan fingerprint density at radius 3 is 2.70 bits per heavy atom. The van der Waals surface area contributed by atoms with Gasteiger partial charge in [0, 0.05) is 17.0 Å². The second kappa shape index (κ2) is 5.21. The van der Waals surface area contributed by atoms with Crippen molar-refractivity contribution in [2.24, 2.45) is 0 Å². The summed E-state index contributed by atoms with van der Waals surface area (Å²) >= 11 is 4.68. The number of hydrogen-bond donors (Lipinski definition) is 2. The van der Waals surface area contributed by atoms with Gasteiger partial charge < -0.3 is 0 Å². The van der Waals surface area contributed by atoms with Gasteiger partial charge in [-0.25, -0.2) is 0 Å². The maximum atomic E-state index is 11.8. The van der Waals surface area contributed by atoms with Crippen LogP contribution in [0.5, 0.6) is 0 Å². The van der Waals surface area contributed by atoms with Gasteiger partial charge in [0.15, 0.2) is 0 Å². The molecule has 1 atom stereocenters. The summed E-state index contributed by atoms with van der Waals surface area (Å²) in [6.45, 7) is 2.41. The van der Waals surface area contributed by atoms with Crippen LogP contribution in [0, 0.1) is 6.92 Å². The third-order valence-corrected chi connectivity index (χ3v) is 3.90. The molecule has 20 heavy (non-hydrogen) atoms. The fraction of sp³-hybridized carbons (Fsp3) is 0.188. The van der Waals surface area contributed by atoms with E-state index in [4.69, 9.17) is 0 Å². The maximum absolute atomic E-state index is 11.8. The van der Waals surface area contributed by atoms with Gasteiger partial charge in [-0.3, -0.25) is 14.6 Å². The average molecular weight is 284 g/mol. The SMILES string of the molecule is Cc1cc(=O)n(CC(S)c2cccc3ccccc23)[nH]1. The highest BCUT2D eigenvalue weighted by Crippen LogP contribution is 2.28. The Balaban J connectivity index is 1.98. The molecule has 0 radical (unpaired) electrons. The van der Waals surface area contributed by atoms with Gasteiger partial charge in [0.1, 0.15) is 0 Å². The van der Waals surface area contributed by atoms with Crippen LogP contribution in [0.3, 0.4) is 0 Å². The lowest BCUT2D eigenvalue weighted by Crippen LogP contribution is -2.18. The Bertz CT molecular complexity index is 798. The normalized spacial score (nSPS) is 12.7. The van der Waals surface area contributed by atoms with Crippen molar-refractivity contribution in [2.45, 2.75) is 18.7 Å². The third kappa shape index (κ3) is 2.39. The highest BCUT2D eigenvalue weighted by molar-refractivity contribution is 7.80. The van der Waals surface area contributed by atoms with E-state index in [0.717, 1.165) is 11.3 Å². The van der Waals surface area contributed by atoms with E-state index in [1.54, 1.807) is 10.7 Å². The lowest BCUT2D eigenvalue weighted by Gasteiger charge is -2.14. The highest BCUT2D eigenvalue weighted by atomic mass is 32.1. The monoisotopic (exact) mass is 284 g/mol. The van der Waals surface area contributed by atoms with Gasteiger partial charge in [-0.2, -0.15) is 12.6 Å². The minimum atomic E-state index is -0.0307. The van der Waals surface area contributed by atoms with Crippen LogP contribution >= 0.6 is 12.6 Å². The summed E-state index contributed by atoms with van der Waals surface area (Å²) in [7, 11) is 0. The predicted octanol–water partition coefficient (Wildman–Crippen LogP) is 3.31. The van der Waals surface area contributed by atoms with Crippen molar-refractivity contribution in [1.29, 1.82) is 0 Å². The van der Waals surface area contributed by atoms with Gasteiger partial charge in [0.2, 0.25) is 0 Å². The molecular weight excluding hydrogens is 268 g/mol. The summed E-state index contributed by atoms with van der Waals surface area (Å²) in [6.07, 6.45) is 0. The summed E-state index contributed by atoms with van der Waals surface area (Å²) < 4.78 is 1.61. The van der Waals surface area contributed by atoms with Gasteiger partial charge in [-0.05, 0) is 23.3 Å². The molecule has 1 N–H and O–H groups in total. The van der Waals surface area contributed by atoms with Gasteiger partial charge in [0.05, 0.1) is 6.54 Å². The van der Waals surface area contributed by atoms with Crippen molar-refractivity contribution in [2.75, 3.05) is 0 Å². The smallest absolute Gasteiger partial charge is 0.266 e. The Morgan fingerprint density at radius 1 is 1.20 bits per heavy atom. The number of H-pyrrole nitrogens is 1. The molecule has 3 rings (SSSR count). The number of nitrogens with one attached hydrogen (secondary N) is 1. The van der Waals surface area contributed by atoms with Crippen LogP contribution in [0.15, 0.2) is 53.3 Å². The van der Waals surface area contributed by atoms with Crippen molar-refractivity contribution in [3.63, 3.8) is 0 Å². The number of fused-ring (bicyclic) bond motifs is 1.